The Kier molecular flexibility index (Phi) is 19.5. The van der Waals surface area contributed by atoms with Gasteiger partial charge in [0.25, 0.3) is 0 Å². The van der Waals surface area contributed by atoms with Gasteiger partial charge in [0.2, 0.25) is 0 Å². The molecule has 0 aromatic rings. The fraction of sp³-hybridized carbons (Fsp3) is 0.905. The van der Waals surface area contributed by atoms with E-state index in [1.54, 1.807) is 0 Å². The van der Waals surface area contributed by atoms with E-state index in [2.05, 4.69) is 28.1 Å². The molecule has 0 aliphatic carbocycles. The highest BCUT2D eigenvalue weighted by Gasteiger charge is 2.04. The first kappa shape index (κ1) is 27.1. The van der Waals surface area contributed by atoms with Gasteiger partial charge in [0, 0.05) is 12.8 Å². The van der Waals surface area contributed by atoms with Crippen LogP contribution in [0.4, 0.5) is 0 Å². The average Bonchev–Trinajstić information content (AvgIpc) is 2.53. The molecule has 26 heavy (non-hydrogen) atoms. The molecule has 0 radical (unpaired) electrons. The van der Waals surface area contributed by atoms with Gasteiger partial charge < -0.3 is 14.7 Å². The van der Waals surface area contributed by atoms with Gasteiger partial charge >= 0.3 is 11.9 Å². The topological polar surface area (TPSA) is 74.6 Å². The van der Waals surface area contributed by atoms with E-state index < -0.39 is 11.9 Å². The lowest BCUT2D eigenvalue weighted by molar-refractivity contribution is -0.870. The summed E-state index contributed by atoms with van der Waals surface area (Å²) >= 11 is 0. The van der Waals surface area contributed by atoms with Crippen molar-refractivity contribution in [3.63, 3.8) is 0 Å². The molecular weight excluding hydrogens is 330 g/mol. The third-order valence-corrected chi connectivity index (χ3v) is 4.21. The first-order chi connectivity index (χ1) is 12.2. The Balaban J connectivity index is 0. The van der Waals surface area contributed by atoms with Crippen molar-refractivity contribution in [2.75, 3.05) is 27.7 Å². The highest BCUT2D eigenvalue weighted by Crippen LogP contribution is 2.11. The standard InChI is InChI=1S/C15H34N.C6H10O4/c1-5-6-7-8-9-10-11-12-13-14-15-16(2,3)4;7-5(8)3-1-2-4-6(9)10/h5-15H2,1-4H3;1-4H2,(H,7,8)(H,9,10)/q+1;. The molecule has 0 aliphatic heterocycles. The molecule has 0 aliphatic rings. The van der Waals surface area contributed by atoms with Gasteiger partial charge in [0.1, 0.15) is 0 Å². The molecule has 0 atom stereocenters. The van der Waals surface area contributed by atoms with Crippen LogP contribution in [0, 0.1) is 0 Å². The van der Waals surface area contributed by atoms with Crippen molar-refractivity contribution in [1.82, 2.24) is 0 Å². The molecule has 0 fully saturated rings. The first-order valence-corrected chi connectivity index (χ1v) is 10.4. The SMILES string of the molecule is CCCCCCCCCCCC[N+](C)(C)C.O=C(O)CCCCC(=O)O. The molecule has 156 valence electrons. The van der Waals surface area contributed by atoms with Gasteiger partial charge in [0.05, 0.1) is 27.7 Å². The molecule has 0 rings (SSSR count). The summed E-state index contributed by atoms with van der Waals surface area (Å²) in [5.74, 6) is -1.74. The van der Waals surface area contributed by atoms with Crippen LogP contribution in [0.3, 0.4) is 0 Å². The van der Waals surface area contributed by atoms with Gasteiger partial charge in [-0.15, -0.1) is 0 Å². The normalized spacial score (nSPS) is 10.9. The van der Waals surface area contributed by atoms with Crippen molar-refractivity contribution in [1.29, 1.82) is 0 Å². The van der Waals surface area contributed by atoms with Gasteiger partial charge in [-0.1, -0.05) is 58.3 Å². The van der Waals surface area contributed by atoms with Crippen LogP contribution < -0.4 is 0 Å². The number of rotatable bonds is 16. The van der Waals surface area contributed by atoms with Gasteiger partial charge in [-0.2, -0.15) is 0 Å². The first-order valence-electron chi connectivity index (χ1n) is 10.4. The van der Waals surface area contributed by atoms with Crippen LogP contribution in [0.1, 0.15) is 96.8 Å². The van der Waals surface area contributed by atoms with Crippen LogP contribution in [0.2, 0.25) is 0 Å². The number of hydrogen-bond acceptors (Lipinski definition) is 2. The number of quaternary nitrogens is 1. The molecule has 5 nitrogen and oxygen atoms in total. The molecule has 2 N–H and O–H groups in total. The maximum absolute atomic E-state index is 9.90. The maximum Gasteiger partial charge on any atom is 0.303 e. The van der Waals surface area contributed by atoms with Crippen molar-refractivity contribution in [3.05, 3.63) is 0 Å². The molecule has 0 saturated heterocycles. The minimum atomic E-state index is -0.870. The second kappa shape index (κ2) is 18.7. The lowest BCUT2D eigenvalue weighted by atomic mass is 10.1. The summed E-state index contributed by atoms with van der Waals surface area (Å²) in [6.07, 6.45) is 15.4. The van der Waals surface area contributed by atoms with E-state index in [0.717, 1.165) is 4.48 Å². The number of hydrogen-bond donors (Lipinski definition) is 2. The third-order valence-electron chi connectivity index (χ3n) is 4.21. The highest BCUT2D eigenvalue weighted by atomic mass is 16.4. The van der Waals surface area contributed by atoms with Crippen LogP contribution in [-0.2, 0) is 9.59 Å². The molecule has 0 bridgehead atoms. The second-order valence-corrected chi connectivity index (χ2v) is 8.19. The zero-order valence-electron chi connectivity index (χ0n) is 17.8. The fourth-order valence-corrected chi connectivity index (χ4v) is 2.63. The quantitative estimate of drug-likeness (QED) is 0.283. The largest absolute Gasteiger partial charge is 0.481 e. The molecule has 0 spiro atoms. The van der Waals surface area contributed by atoms with Crippen LogP contribution >= 0.6 is 0 Å². The predicted molar refractivity (Wildman–Crippen MR) is 108 cm³/mol. The summed E-state index contributed by atoms with van der Waals surface area (Å²) in [5.41, 5.74) is 0. The van der Waals surface area contributed by atoms with E-state index in [1.807, 2.05) is 0 Å². The molecule has 0 aromatic carbocycles. The van der Waals surface area contributed by atoms with Gasteiger partial charge in [-0.05, 0) is 25.7 Å². The van der Waals surface area contributed by atoms with Gasteiger partial charge in [-0.25, -0.2) is 0 Å². The van der Waals surface area contributed by atoms with E-state index in [-0.39, 0.29) is 12.8 Å². The Bertz CT molecular complexity index is 321. The van der Waals surface area contributed by atoms with Crippen molar-refractivity contribution in [2.24, 2.45) is 0 Å². The highest BCUT2D eigenvalue weighted by molar-refractivity contribution is 5.67. The van der Waals surface area contributed by atoms with Crippen molar-refractivity contribution < 1.29 is 24.3 Å². The number of nitrogens with zero attached hydrogens (tertiary/aromatic N) is 1. The Labute approximate surface area is 161 Å². The minimum absolute atomic E-state index is 0.0628. The number of carboxylic acids is 2. The molecule has 0 aromatic heterocycles. The summed E-state index contributed by atoms with van der Waals surface area (Å²) in [6, 6.07) is 0. The predicted octanol–water partition coefficient (Wildman–Crippen LogP) is 5.33. The Hall–Kier alpha value is -1.10. The van der Waals surface area contributed by atoms with Gasteiger partial charge in [-0.3, -0.25) is 9.59 Å². The third kappa shape index (κ3) is 30.7. The summed E-state index contributed by atoms with van der Waals surface area (Å²) < 4.78 is 1.12. The number of aliphatic carboxylic acids is 2. The molecular formula is C21H44NO4+. The van der Waals surface area contributed by atoms with Crippen molar-refractivity contribution in [3.8, 4) is 0 Å². The molecule has 0 heterocycles. The number of carbonyl (C=O) groups is 2. The summed E-state index contributed by atoms with van der Waals surface area (Å²) in [5, 5.41) is 16.3. The van der Waals surface area contributed by atoms with Crippen molar-refractivity contribution >= 4 is 11.9 Å². The van der Waals surface area contributed by atoms with Crippen LogP contribution in [-0.4, -0.2) is 54.3 Å². The van der Waals surface area contributed by atoms with Gasteiger partial charge in [0.15, 0.2) is 0 Å². The summed E-state index contributed by atoms with van der Waals surface area (Å²) in [6.45, 7) is 3.62. The average molecular weight is 375 g/mol. The lowest BCUT2D eigenvalue weighted by Crippen LogP contribution is -2.35. The lowest BCUT2D eigenvalue weighted by Gasteiger charge is -2.23. The molecule has 5 heteroatoms. The van der Waals surface area contributed by atoms with Crippen LogP contribution in [0.5, 0.6) is 0 Å². The Morgan fingerprint density at radius 2 is 0.962 bits per heavy atom. The smallest absolute Gasteiger partial charge is 0.303 e. The van der Waals surface area contributed by atoms with Crippen LogP contribution in [0.15, 0.2) is 0 Å². The summed E-state index contributed by atoms with van der Waals surface area (Å²) in [4.78, 5) is 19.8. The number of unbranched alkanes of at least 4 members (excludes halogenated alkanes) is 10. The minimum Gasteiger partial charge on any atom is -0.481 e. The monoisotopic (exact) mass is 374 g/mol. The Morgan fingerprint density at radius 3 is 1.27 bits per heavy atom. The maximum atomic E-state index is 9.90. The molecule has 0 saturated carbocycles. The van der Waals surface area contributed by atoms with E-state index in [9.17, 15) is 9.59 Å². The molecule has 0 amide bonds. The Morgan fingerprint density at radius 1 is 0.615 bits per heavy atom. The van der Waals surface area contributed by atoms with E-state index >= 15 is 0 Å². The van der Waals surface area contributed by atoms with Crippen molar-refractivity contribution in [2.45, 2.75) is 96.8 Å². The second-order valence-electron chi connectivity index (χ2n) is 8.19. The fourth-order valence-electron chi connectivity index (χ4n) is 2.63. The molecule has 0 unspecified atom stereocenters. The zero-order valence-corrected chi connectivity index (χ0v) is 17.8. The van der Waals surface area contributed by atoms with E-state index in [0.29, 0.717) is 12.8 Å². The number of carboxylic acid groups (broad SMARTS) is 2. The summed E-state index contributed by atoms with van der Waals surface area (Å²) in [7, 11) is 6.86. The van der Waals surface area contributed by atoms with E-state index in [4.69, 9.17) is 10.2 Å². The van der Waals surface area contributed by atoms with Crippen LogP contribution in [0.25, 0.3) is 0 Å². The zero-order chi connectivity index (χ0) is 20.3. The van der Waals surface area contributed by atoms with E-state index in [1.165, 1.54) is 70.8 Å².